The molecule has 2 aromatic carbocycles. The second-order valence-corrected chi connectivity index (χ2v) is 8.91. The molecule has 0 bridgehead atoms. The van der Waals surface area contributed by atoms with Crippen LogP contribution in [0.3, 0.4) is 0 Å². The van der Waals surface area contributed by atoms with Gasteiger partial charge in [-0.3, -0.25) is 10.9 Å². The lowest BCUT2D eigenvalue weighted by atomic mass is 10.0. The van der Waals surface area contributed by atoms with Crippen molar-refractivity contribution in [3.63, 3.8) is 0 Å². The molecule has 170 valence electrons. The van der Waals surface area contributed by atoms with Gasteiger partial charge in [-0.2, -0.15) is 0 Å². The van der Waals surface area contributed by atoms with Gasteiger partial charge in [-0.25, -0.2) is 14.4 Å². The summed E-state index contributed by atoms with van der Waals surface area (Å²) in [6, 6.07) is 16.6. The van der Waals surface area contributed by atoms with Gasteiger partial charge in [0.25, 0.3) is 0 Å². The lowest BCUT2D eigenvalue weighted by Crippen LogP contribution is -2.28. The van der Waals surface area contributed by atoms with Gasteiger partial charge >= 0.3 is 0 Å². The van der Waals surface area contributed by atoms with Crippen LogP contribution in [-0.4, -0.2) is 27.1 Å². The lowest BCUT2D eigenvalue weighted by Gasteiger charge is -2.12. The molecule has 1 aliphatic rings. The van der Waals surface area contributed by atoms with E-state index in [0.29, 0.717) is 25.2 Å². The molecular weight excluding hydrogens is 415 g/mol. The van der Waals surface area contributed by atoms with Crippen LogP contribution < -0.4 is 16.2 Å². The molecule has 2 unspecified atom stereocenters. The van der Waals surface area contributed by atoms with Crippen molar-refractivity contribution in [2.24, 2.45) is 0 Å². The minimum atomic E-state index is -0.201. The summed E-state index contributed by atoms with van der Waals surface area (Å²) < 4.78 is 16.1. The Morgan fingerprint density at radius 2 is 1.88 bits per heavy atom. The number of benzene rings is 2. The number of hydrogen-bond acceptors (Lipinski definition) is 5. The standard InChI is InChI=1S/C26H29FN6/c1-16-10-21(27)13-25-22(16)12-18(3)33(25)9-8-28-26-14-23(29-15-30-26)19-4-6-20(7-5-19)24-11-17(2)31-32-24/h4-7,10,12-15,17,24,31-32H,8-9,11H2,1-3H3,(H,28,29,30). The molecule has 5 rings (SSSR count). The van der Waals surface area contributed by atoms with Gasteiger partial charge in [0.2, 0.25) is 0 Å². The van der Waals surface area contributed by atoms with Crippen molar-refractivity contribution in [3.8, 4) is 11.3 Å². The molecule has 4 aromatic rings. The molecular formula is C26H29FN6. The smallest absolute Gasteiger partial charge is 0.130 e. The third kappa shape index (κ3) is 4.47. The summed E-state index contributed by atoms with van der Waals surface area (Å²) >= 11 is 0. The minimum Gasteiger partial charge on any atom is -0.368 e. The summed E-state index contributed by atoms with van der Waals surface area (Å²) in [6.45, 7) is 7.57. The van der Waals surface area contributed by atoms with Gasteiger partial charge in [-0.15, -0.1) is 0 Å². The Balaban J connectivity index is 1.27. The van der Waals surface area contributed by atoms with Crippen LogP contribution in [0.25, 0.3) is 22.2 Å². The first-order chi connectivity index (χ1) is 16.0. The Morgan fingerprint density at radius 1 is 1.06 bits per heavy atom. The van der Waals surface area contributed by atoms with Gasteiger partial charge in [0.05, 0.1) is 11.2 Å². The Kier molecular flexibility index (Phi) is 5.83. The average Bonchev–Trinajstić information content (AvgIpc) is 3.38. The van der Waals surface area contributed by atoms with E-state index < -0.39 is 0 Å². The molecule has 3 heterocycles. The van der Waals surface area contributed by atoms with Crippen molar-refractivity contribution in [1.29, 1.82) is 0 Å². The van der Waals surface area contributed by atoms with Crippen molar-refractivity contribution in [2.75, 3.05) is 11.9 Å². The normalized spacial score (nSPS) is 18.2. The summed E-state index contributed by atoms with van der Waals surface area (Å²) in [7, 11) is 0. The van der Waals surface area contributed by atoms with Crippen molar-refractivity contribution in [3.05, 3.63) is 77.5 Å². The van der Waals surface area contributed by atoms with Gasteiger partial charge in [0.1, 0.15) is 18.0 Å². The summed E-state index contributed by atoms with van der Waals surface area (Å²) in [6.07, 6.45) is 2.66. The lowest BCUT2D eigenvalue weighted by molar-refractivity contribution is 0.560. The van der Waals surface area contributed by atoms with Crippen molar-refractivity contribution < 1.29 is 4.39 Å². The summed E-state index contributed by atoms with van der Waals surface area (Å²) in [4.78, 5) is 8.83. The van der Waals surface area contributed by atoms with Crippen molar-refractivity contribution in [2.45, 2.75) is 45.8 Å². The van der Waals surface area contributed by atoms with Crippen LogP contribution in [0.5, 0.6) is 0 Å². The predicted octanol–water partition coefficient (Wildman–Crippen LogP) is 4.89. The number of hydrazine groups is 1. The second kappa shape index (κ2) is 8.92. The number of nitrogens with one attached hydrogen (secondary N) is 3. The quantitative estimate of drug-likeness (QED) is 0.395. The first kappa shape index (κ1) is 21.6. The Bertz CT molecular complexity index is 1280. The molecule has 1 saturated heterocycles. The molecule has 33 heavy (non-hydrogen) atoms. The highest BCUT2D eigenvalue weighted by Crippen LogP contribution is 2.26. The molecule has 0 amide bonds. The molecule has 0 radical (unpaired) electrons. The van der Waals surface area contributed by atoms with E-state index in [0.717, 1.165) is 45.7 Å². The Morgan fingerprint density at radius 3 is 2.64 bits per heavy atom. The molecule has 0 spiro atoms. The number of fused-ring (bicyclic) bond motifs is 1. The van der Waals surface area contributed by atoms with Crippen molar-refractivity contribution in [1.82, 2.24) is 25.4 Å². The zero-order chi connectivity index (χ0) is 22.9. The predicted molar refractivity (Wildman–Crippen MR) is 130 cm³/mol. The summed E-state index contributed by atoms with van der Waals surface area (Å²) in [5.74, 6) is 0.573. The van der Waals surface area contributed by atoms with E-state index in [9.17, 15) is 4.39 Å². The molecule has 3 N–H and O–H groups in total. The van der Waals surface area contributed by atoms with E-state index in [-0.39, 0.29) is 5.82 Å². The molecule has 0 aliphatic carbocycles. The maximum absolute atomic E-state index is 14.0. The summed E-state index contributed by atoms with van der Waals surface area (Å²) in [5, 5.41) is 4.49. The van der Waals surface area contributed by atoms with E-state index in [2.05, 4.69) is 74.9 Å². The highest BCUT2D eigenvalue weighted by molar-refractivity contribution is 5.84. The maximum atomic E-state index is 14.0. The van der Waals surface area contributed by atoms with Crippen LogP contribution >= 0.6 is 0 Å². The van der Waals surface area contributed by atoms with Gasteiger partial charge in [-0.05, 0) is 56.5 Å². The van der Waals surface area contributed by atoms with Crippen LogP contribution in [0.2, 0.25) is 0 Å². The van der Waals surface area contributed by atoms with Gasteiger partial charge in [0, 0.05) is 47.9 Å². The van der Waals surface area contributed by atoms with Gasteiger partial charge in [-0.1, -0.05) is 24.3 Å². The molecule has 1 fully saturated rings. The SMILES string of the molecule is Cc1cc(F)cc2c1cc(C)n2CCNc1cc(-c2ccc(C3CC(C)NN3)cc2)ncn1. The second-order valence-electron chi connectivity index (χ2n) is 8.91. The highest BCUT2D eigenvalue weighted by Gasteiger charge is 2.21. The van der Waals surface area contributed by atoms with Crippen LogP contribution in [0.1, 0.15) is 36.2 Å². The van der Waals surface area contributed by atoms with Crippen LogP contribution in [0.4, 0.5) is 10.2 Å². The molecule has 2 aromatic heterocycles. The number of nitrogens with zero attached hydrogens (tertiary/aromatic N) is 3. The van der Waals surface area contributed by atoms with E-state index in [1.807, 2.05) is 13.0 Å². The van der Waals surface area contributed by atoms with Crippen LogP contribution in [-0.2, 0) is 6.54 Å². The average molecular weight is 445 g/mol. The van der Waals surface area contributed by atoms with E-state index in [1.165, 1.54) is 5.56 Å². The Labute approximate surface area is 193 Å². The molecule has 7 heteroatoms. The zero-order valence-electron chi connectivity index (χ0n) is 19.2. The van der Waals surface area contributed by atoms with E-state index >= 15 is 0 Å². The fraction of sp³-hybridized carbons (Fsp3) is 0.308. The van der Waals surface area contributed by atoms with Crippen LogP contribution in [0, 0.1) is 19.7 Å². The number of halogens is 1. The number of hydrogen-bond donors (Lipinski definition) is 3. The first-order valence-corrected chi connectivity index (χ1v) is 11.4. The van der Waals surface area contributed by atoms with E-state index in [4.69, 9.17) is 0 Å². The largest absolute Gasteiger partial charge is 0.368 e. The number of rotatable bonds is 6. The van der Waals surface area contributed by atoms with E-state index in [1.54, 1.807) is 18.5 Å². The van der Waals surface area contributed by atoms with Crippen molar-refractivity contribution >= 4 is 16.7 Å². The molecule has 6 nitrogen and oxygen atoms in total. The van der Waals surface area contributed by atoms with Crippen LogP contribution in [0.15, 0.2) is 54.9 Å². The first-order valence-electron chi connectivity index (χ1n) is 11.4. The monoisotopic (exact) mass is 444 g/mol. The molecule has 2 atom stereocenters. The number of anilines is 1. The number of aryl methyl sites for hydroxylation is 2. The number of aromatic nitrogens is 3. The fourth-order valence-electron chi connectivity index (χ4n) is 4.65. The minimum absolute atomic E-state index is 0.201. The third-order valence-corrected chi connectivity index (χ3v) is 6.41. The molecule has 1 aliphatic heterocycles. The van der Waals surface area contributed by atoms with Gasteiger partial charge < -0.3 is 9.88 Å². The van der Waals surface area contributed by atoms with Gasteiger partial charge in [0.15, 0.2) is 0 Å². The zero-order valence-corrected chi connectivity index (χ0v) is 19.2. The third-order valence-electron chi connectivity index (χ3n) is 6.41. The fourth-order valence-corrected chi connectivity index (χ4v) is 4.65. The Hall–Kier alpha value is -3.29. The topological polar surface area (TPSA) is 66.8 Å². The molecule has 0 saturated carbocycles. The summed E-state index contributed by atoms with van der Waals surface area (Å²) in [5.41, 5.74) is 12.8. The highest BCUT2D eigenvalue weighted by atomic mass is 19.1. The maximum Gasteiger partial charge on any atom is 0.130 e.